The minimum absolute atomic E-state index is 0.213. The quantitative estimate of drug-likeness (QED) is 0.923. The lowest BCUT2D eigenvalue weighted by Crippen LogP contribution is -2.15. The minimum atomic E-state index is -3.33. The zero-order valence-electron chi connectivity index (χ0n) is 12.2. The second-order valence-corrected chi connectivity index (χ2v) is 8.02. The smallest absolute Gasteiger partial charge is 0.255 e. The van der Waals surface area contributed by atoms with E-state index in [-0.39, 0.29) is 10.8 Å². The maximum atomic E-state index is 12.1. The van der Waals surface area contributed by atoms with E-state index in [1.165, 1.54) is 24.3 Å². The molecule has 0 fully saturated rings. The van der Waals surface area contributed by atoms with Crippen LogP contribution in [0.4, 0.5) is 5.69 Å². The summed E-state index contributed by atoms with van der Waals surface area (Å²) in [6, 6.07) is 12.6. The van der Waals surface area contributed by atoms with E-state index in [1.54, 1.807) is 38.1 Å². The normalized spacial score (nSPS) is 11.5. The molecule has 0 spiro atoms. The zero-order valence-corrected chi connectivity index (χ0v) is 13.8. The molecule has 0 aliphatic rings. The molecule has 0 aromatic heterocycles. The Bertz CT molecular complexity index is 766. The van der Waals surface area contributed by atoms with Crippen molar-refractivity contribution in [1.29, 1.82) is 0 Å². The predicted octanol–water partition coefficient (Wildman–Crippen LogP) is 3.77. The van der Waals surface area contributed by atoms with E-state index in [2.05, 4.69) is 5.32 Å². The molecule has 0 atom stereocenters. The molecule has 0 unspecified atom stereocenters. The molecule has 6 heteroatoms. The number of hydrogen-bond donors (Lipinski definition) is 1. The largest absolute Gasteiger partial charge is 0.322 e. The summed E-state index contributed by atoms with van der Waals surface area (Å²) < 4.78 is 24.0. The van der Waals surface area contributed by atoms with Gasteiger partial charge in [0.05, 0.1) is 10.1 Å². The van der Waals surface area contributed by atoms with E-state index in [9.17, 15) is 13.2 Å². The Morgan fingerprint density at radius 2 is 1.55 bits per heavy atom. The van der Waals surface area contributed by atoms with Gasteiger partial charge in [0.25, 0.3) is 5.91 Å². The van der Waals surface area contributed by atoms with Crippen LogP contribution in [0.2, 0.25) is 5.02 Å². The maximum Gasteiger partial charge on any atom is 0.255 e. The summed E-state index contributed by atoms with van der Waals surface area (Å²) in [5, 5.41) is 2.80. The third-order valence-electron chi connectivity index (χ3n) is 3.17. The highest BCUT2D eigenvalue weighted by atomic mass is 35.5. The summed E-state index contributed by atoms with van der Waals surface area (Å²) in [5.74, 6) is -0.309. The number of sulfone groups is 1. The first-order chi connectivity index (χ1) is 10.3. The van der Waals surface area contributed by atoms with Gasteiger partial charge in [-0.25, -0.2) is 8.42 Å². The van der Waals surface area contributed by atoms with Crippen LogP contribution >= 0.6 is 11.6 Å². The number of benzene rings is 2. The molecule has 2 aromatic rings. The first-order valence-corrected chi connectivity index (χ1v) is 8.64. The van der Waals surface area contributed by atoms with E-state index in [0.717, 1.165) is 0 Å². The van der Waals surface area contributed by atoms with Crippen molar-refractivity contribution in [3.05, 3.63) is 59.1 Å². The lowest BCUT2D eigenvalue weighted by Gasteiger charge is -2.09. The highest BCUT2D eigenvalue weighted by molar-refractivity contribution is 7.92. The number of amides is 1. The molecule has 116 valence electrons. The van der Waals surface area contributed by atoms with Crippen LogP contribution in [0.3, 0.4) is 0 Å². The summed E-state index contributed by atoms with van der Waals surface area (Å²) in [6.07, 6.45) is 0. The number of hydrogen-bond acceptors (Lipinski definition) is 3. The second kappa shape index (κ2) is 6.50. The SMILES string of the molecule is CC(C)S(=O)(=O)c1ccc(C(=O)Nc2ccc(Cl)cc2)cc1. The fourth-order valence-electron chi connectivity index (χ4n) is 1.80. The second-order valence-electron chi connectivity index (χ2n) is 5.08. The number of anilines is 1. The van der Waals surface area contributed by atoms with Crippen LogP contribution in [0.25, 0.3) is 0 Å². The molecule has 0 radical (unpaired) electrons. The van der Waals surface area contributed by atoms with Crippen LogP contribution in [0, 0.1) is 0 Å². The predicted molar refractivity (Wildman–Crippen MR) is 88.2 cm³/mol. The number of rotatable bonds is 4. The molecule has 2 rings (SSSR count). The summed E-state index contributed by atoms with van der Waals surface area (Å²) in [7, 11) is -3.33. The Labute approximate surface area is 135 Å². The van der Waals surface area contributed by atoms with Gasteiger partial charge in [-0.05, 0) is 62.4 Å². The average Bonchev–Trinajstić information content (AvgIpc) is 2.49. The van der Waals surface area contributed by atoms with Gasteiger partial charge in [-0.15, -0.1) is 0 Å². The standard InChI is InChI=1S/C16H16ClNO3S/c1-11(2)22(20,21)15-9-3-12(4-10-15)16(19)18-14-7-5-13(17)6-8-14/h3-11H,1-2H3,(H,18,19). The molecular weight excluding hydrogens is 322 g/mol. The van der Waals surface area contributed by atoms with Crippen LogP contribution < -0.4 is 5.32 Å². The van der Waals surface area contributed by atoms with Crippen LogP contribution in [-0.4, -0.2) is 19.6 Å². The van der Waals surface area contributed by atoms with Crippen molar-refractivity contribution in [3.8, 4) is 0 Å². The van der Waals surface area contributed by atoms with Gasteiger partial charge < -0.3 is 5.32 Å². The molecule has 0 heterocycles. The van der Waals surface area contributed by atoms with Crippen molar-refractivity contribution in [1.82, 2.24) is 0 Å². The molecule has 0 bridgehead atoms. The van der Waals surface area contributed by atoms with Crippen molar-refractivity contribution < 1.29 is 13.2 Å². The van der Waals surface area contributed by atoms with Gasteiger partial charge in [0.2, 0.25) is 0 Å². The van der Waals surface area contributed by atoms with Crippen LogP contribution in [-0.2, 0) is 9.84 Å². The van der Waals surface area contributed by atoms with Crippen molar-refractivity contribution in [2.45, 2.75) is 24.0 Å². The van der Waals surface area contributed by atoms with Crippen molar-refractivity contribution in [2.24, 2.45) is 0 Å². The van der Waals surface area contributed by atoms with E-state index in [1.807, 2.05) is 0 Å². The van der Waals surface area contributed by atoms with E-state index in [0.29, 0.717) is 16.3 Å². The molecular formula is C16H16ClNO3S. The first-order valence-electron chi connectivity index (χ1n) is 6.71. The number of carbonyl (C=O) groups is 1. The third kappa shape index (κ3) is 3.67. The average molecular weight is 338 g/mol. The van der Waals surface area contributed by atoms with Gasteiger partial charge in [-0.2, -0.15) is 0 Å². The molecule has 2 aromatic carbocycles. The Morgan fingerprint density at radius 3 is 2.05 bits per heavy atom. The van der Waals surface area contributed by atoms with Gasteiger partial charge in [0, 0.05) is 16.3 Å². The molecule has 22 heavy (non-hydrogen) atoms. The Kier molecular flexibility index (Phi) is 4.88. The summed E-state index contributed by atoms with van der Waals surface area (Å²) in [4.78, 5) is 12.3. The van der Waals surface area contributed by atoms with E-state index >= 15 is 0 Å². The summed E-state index contributed by atoms with van der Waals surface area (Å²) in [5.41, 5.74) is 1.01. The fourth-order valence-corrected chi connectivity index (χ4v) is 2.99. The first kappa shape index (κ1) is 16.5. The topological polar surface area (TPSA) is 63.2 Å². The lowest BCUT2D eigenvalue weighted by atomic mass is 10.2. The molecule has 4 nitrogen and oxygen atoms in total. The van der Waals surface area contributed by atoms with Crippen LogP contribution in [0.1, 0.15) is 24.2 Å². The lowest BCUT2D eigenvalue weighted by molar-refractivity contribution is 0.102. The minimum Gasteiger partial charge on any atom is -0.322 e. The Balaban J connectivity index is 2.16. The third-order valence-corrected chi connectivity index (χ3v) is 5.59. The van der Waals surface area contributed by atoms with Crippen molar-refractivity contribution in [3.63, 3.8) is 0 Å². The van der Waals surface area contributed by atoms with Gasteiger partial charge in [-0.1, -0.05) is 11.6 Å². The monoisotopic (exact) mass is 337 g/mol. The molecule has 0 saturated carbocycles. The number of halogens is 1. The van der Waals surface area contributed by atoms with Crippen LogP contribution in [0.15, 0.2) is 53.4 Å². The number of carbonyl (C=O) groups excluding carboxylic acids is 1. The van der Waals surface area contributed by atoms with Gasteiger partial charge in [-0.3, -0.25) is 4.79 Å². The van der Waals surface area contributed by atoms with Gasteiger partial charge in [0.1, 0.15) is 0 Å². The van der Waals surface area contributed by atoms with Crippen LogP contribution in [0.5, 0.6) is 0 Å². The molecule has 1 amide bonds. The Morgan fingerprint density at radius 1 is 1.00 bits per heavy atom. The highest BCUT2D eigenvalue weighted by Gasteiger charge is 2.19. The van der Waals surface area contributed by atoms with Crippen molar-refractivity contribution in [2.75, 3.05) is 5.32 Å². The molecule has 0 aliphatic heterocycles. The maximum absolute atomic E-state index is 12.1. The van der Waals surface area contributed by atoms with E-state index < -0.39 is 15.1 Å². The molecule has 1 N–H and O–H groups in total. The molecule has 0 aliphatic carbocycles. The molecule has 0 saturated heterocycles. The fraction of sp³-hybridized carbons (Fsp3) is 0.188. The Hall–Kier alpha value is -1.85. The summed E-state index contributed by atoms with van der Waals surface area (Å²) in [6.45, 7) is 3.24. The number of nitrogens with one attached hydrogen (secondary N) is 1. The van der Waals surface area contributed by atoms with E-state index in [4.69, 9.17) is 11.6 Å². The highest BCUT2D eigenvalue weighted by Crippen LogP contribution is 2.18. The van der Waals surface area contributed by atoms with Gasteiger partial charge >= 0.3 is 0 Å². The zero-order chi connectivity index (χ0) is 16.3. The van der Waals surface area contributed by atoms with Crippen molar-refractivity contribution >= 4 is 33.0 Å². The summed E-state index contributed by atoms with van der Waals surface area (Å²) >= 11 is 5.78. The van der Waals surface area contributed by atoms with Gasteiger partial charge in [0.15, 0.2) is 9.84 Å².